The molecule has 0 atom stereocenters. The van der Waals surface area contributed by atoms with E-state index in [4.69, 9.17) is 9.47 Å². The number of ether oxygens (including phenoxy) is 2. The first-order chi connectivity index (χ1) is 15.5. The normalized spacial score (nSPS) is 13.6. The number of methoxy groups -OCH3 is 1. The highest BCUT2D eigenvalue weighted by Crippen LogP contribution is 2.26. The average Bonchev–Trinajstić information content (AvgIpc) is 3.28. The Morgan fingerprint density at radius 1 is 1.19 bits per heavy atom. The van der Waals surface area contributed by atoms with Crippen LogP contribution in [0.4, 0.5) is 15.8 Å². The average molecular weight is 456 g/mol. The molecule has 32 heavy (non-hydrogen) atoms. The Labute approximate surface area is 188 Å². The lowest BCUT2D eigenvalue weighted by Crippen LogP contribution is -2.36. The summed E-state index contributed by atoms with van der Waals surface area (Å²) >= 11 is 1.38. The van der Waals surface area contributed by atoms with Gasteiger partial charge in [-0.25, -0.2) is 14.2 Å². The molecule has 1 aliphatic rings. The number of benzene rings is 2. The number of hydrogen-bond acceptors (Lipinski definition) is 7. The molecule has 3 aromatic rings. The van der Waals surface area contributed by atoms with Crippen molar-refractivity contribution in [2.45, 2.75) is 6.42 Å². The van der Waals surface area contributed by atoms with E-state index in [1.54, 1.807) is 29.6 Å². The summed E-state index contributed by atoms with van der Waals surface area (Å²) in [6.45, 7) is 2.71. The van der Waals surface area contributed by atoms with E-state index in [2.05, 4.69) is 15.2 Å². The molecule has 7 nitrogen and oxygen atoms in total. The van der Waals surface area contributed by atoms with Crippen molar-refractivity contribution in [3.63, 3.8) is 0 Å². The molecule has 1 amide bonds. The van der Waals surface area contributed by atoms with E-state index in [0.717, 1.165) is 24.3 Å². The molecule has 0 bridgehead atoms. The minimum absolute atomic E-state index is 0.0452. The van der Waals surface area contributed by atoms with Crippen LogP contribution in [0.3, 0.4) is 0 Å². The van der Waals surface area contributed by atoms with Crippen LogP contribution in [0.2, 0.25) is 0 Å². The fourth-order valence-corrected chi connectivity index (χ4v) is 4.24. The number of esters is 1. The Balaban J connectivity index is 1.47. The van der Waals surface area contributed by atoms with Crippen molar-refractivity contribution in [2.24, 2.45) is 0 Å². The van der Waals surface area contributed by atoms with Gasteiger partial charge in [-0.2, -0.15) is 0 Å². The van der Waals surface area contributed by atoms with Gasteiger partial charge in [0.1, 0.15) is 10.8 Å². The van der Waals surface area contributed by atoms with Crippen molar-refractivity contribution in [1.82, 2.24) is 4.98 Å². The SMILES string of the molecule is COC(=O)c1cc(N2CCOCC2)ccc1NC(=O)Cc1csc(-c2ccc(F)cc2)n1. The first-order valence-electron chi connectivity index (χ1n) is 10.1. The van der Waals surface area contributed by atoms with Gasteiger partial charge in [0.05, 0.1) is 43.7 Å². The van der Waals surface area contributed by atoms with Gasteiger partial charge in [0.2, 0.25) is 5.91 Å². The smallest absolute Gasteiger partial charge is 0.340 e. The first kappa shape index (κ1) is 21.9. The number of anilines is 2. The molecule has 0 unspecified atom stereocenters. The maximum Gasteiger partial charge on any atom is 0.340 e. The zero-order chi connectivity index (χ0) is 22.5. The van der Waals surface area contributed by atoms with Gasteiger partial charge in [0.15, 0.2) is 0 Å². The lowest BCUT2D eigenvalue weighted by Gasteiger charge is -2.29. The van der Waals surface area contributed by atoms with Crippen LogP contribution in [-0.2, 0) is 20.7 Å². The third-order valence-corrected chi connectivity index (χ3v) is 5.98. The number of nitrogens with one attached hydrogen (secondary N) is 1. The summed E-state index contributed by atoms with van der Waals surface area (Å²) in [4.78, 5) is 31.6. The topological polar surface area (TPSA) is 80.8 Å². The number of halogens is 1. The summed E-state index contributed by atoms with van der Waals surface area (Å²) in [6.07, 6.45) is 0.0452. The van der Waals surface area contributed by atoms with Crippen LogP contribution in [0.5, 0.6) is 0 Å². The van der Waals surface area contributed by atoms with E-state index in [1.807, 2.05) is 6.07 Å². The molecule has 0 radical (unpaired) electrons. The Hall–Kier alpha value is -3.30. The molecule has 9 heteroatoms. The summed E-state index contributed by atoms with van der Waals surface area (Å²) in [5.41, 5.74) is 2.92. The van der Waals surface area contributed by atoms with E-state index < -0.39 is 5.97 Å². The molecule has 0 saturated carbocycles. The van der Waals surface area contributed by atoms with Crippen LogP contribution in [0.1, 0.15) is 16.1 Å². The Morgan fingerprint density at radius 3 is 2.66 bits per heavy atom. The Morgan fingerprint density at radius 2 is 1.94 bits per heavy atom. The summed E-state index contributed by atoms with van der Waals surface area (Å²) in [6, 6.07) is 11.3. The van der Waals surface area contributed by atoms with E-state index in [0.29, 0.717) is 29.6 Å². The minimum Gasteiger partial charge on any atom is -0.465 e. The van der Waals surface area contributed by atoms with Gasteiger partial charge in [0.25, 0.3) is 0 Å². The highest BCUT2D eigenvalue weighted by molar-refractivity contribution is 7.13. The van der Waals surface area contributed by atoms with Gasteiger partial charge in [0, 0.05) is 29.7 Å². The van der Waals surface area contributed by atoms with Crippen LogP contribution >= 0.6 is 11.3 Å². The molecule has 1 aliphatic heterocycles. The molecular formula is C23H22FN3O4S. The summed E-state index contributed by atoms with van der Waals surface area (Å²) in [5.74, 6) is -1.14. The summed E-state index contributed by atoms with van der Waals surface area (Å²) in [7, 11) is 1.31. The minimum atomic E-state index is -0.525. The van der Waals surface area contributed by atoms with Gasteiger partial charge >= 0.3 is 5.97 Å². The fourth-order valence-electron chi connectivity index (χ4n) is 3.41. The number of aromatic nitrogens is 1. The number of thiazole rings is 1. The maximum absolute atomic E-state index is 13.1. The van der Waals surface area contributed by atoms with Crippen molar-refractivity contribution < 1.29 is 23.5 Å². The number of nitrogens with zero attached hydrogens (tertiary/aromatic N) is 2. The molecule has 1 aromatic heterocycles. The molecule has 4 rings (SSSR count). The quantitative estimate of drug-likeness (QED) is 0.570. The number of amides is 1. The third-order valence-electron chi connectivity index (χ3n) is 5.04. The van der Waals surface area contributed by atoms with Crippen LogP contribution < -0.4 is 10.2 Å². The highest BCUT2D eigenvalue weighted by Gasteiger charge is 2.19. The highest BCUT2D eigenvalue weighted by atomic mass is 32.1. The van der Waals surface area contributed by atoms with E-state index in [-0.39, 0.29) is 23.7 Å². The number of carbonyl (C=O) groups is 2. The lowest BCUT2D eigenvalue weighted by molar-refractivity contribution is -0.115. The largest absolute Gasteiger partial charge is 0.465 e. The van der Waals surface area contributed by atoms with Crippen molar-refractivity contribution in [1.29, 1.82) is 0 Å². The molecule has 1 saturated heterocycles. The molecule has 1 N–H and O–H groups in total. The summed E-state index contributed by atoms with van der Waals surface area (Å²) < 4.78 is 23.4. The van der Waals surface area contributed by atoms with Crippen molar-refractivity contribution >= 4 is 34.6 Å². The standard InChI is InChI=1S/C23H22FN3O4S/c1-30-23(29)19-13-18(27-8-10-31-11-9-27)6-7-20(19)26-21(28)12-17-14-32-22(25-17)15-2-4-16(24)5-3-15/h2-7,13-14H,8-12H2,1H3,(H,26,28). The zero-order valence-corrected chi connectivity index (χ0v) is 18.3. The van der Waals surface area contributed by atoms with Gasteiger partial charge in [-0.3, -0.25) is 4.79 Å². The van der Waals surface area contributed by atoms with Crippen molar-refractivity contribution in [3.05, 3.63) is 64.9 Å². The zero-order valence-electron chi connectivity index (χ0n) is 17.5. The third kappa shape index (κ3) is 5.12. The fraction of sp³-hybridized carbons (Fsp3) is 0.261. The maximum atomic E-state index is 13.1. The second-order valence-corrected chi connectivity index (χ2v) is 8.05. The van der Waals surface area contributed by atoms with Crippen molar-refractivity contribution in [3.8, 4) is 10.6 Å². The molecule has 0 spiro atoms. The van der Waals surface area contributed by atoms with Gasteiger partial charge < -0.3 is 19.7 Å². The second kappa shape index (κ2) is 9.88. The van der Waals surface area contributed by atoms with Crippen LogP contribution in [0.25, 0.3) is 10.6 Å². The van der Waals surface area contributed by atoms with Crippen LogP contribution in [0.15, 0.2) is 47.8 Å². The molecule has 0 aliphatic carbocycles. The molecular weight excluding hydrogens is 433 g/mol. The van der Waals surface area contributed by atoms with E-state index in [1.165, 1.54) is 30.6 Å². The second-order valence-electron chi connectivity index (χ2n) is 7.20. The van der Waals surface area contributed by atoms with Crippen LogP contribution in [0, 0.1) is 5.82 Å². The molecule has 2 aromatic carbocycles. The Kier molecular flexibility index (Phi) is 6.77. The monoisotopic (exact) mass is 455 g/mol. The van der Waals surface area contributed by atoms with Gasteiger partial charge in [-0.15, -0.1) is 11.3 Å². The lowest BCUT2D eigenvalue weighted by atomic mass is 10.1. The predicted octanol–water partition coefficient (Wildman–Crippen LogP) is 3.75. The number of rotatable bonds is 6. The number of carbonyl (C=O) groups excluding carboxylic acids is 2. The molecule has 1 fully saturated rings. The van der Waals surface area contributed by atoms with E-state index in [9.17, 15) is 14.0 Å². The predicted molar refractivity (Wildman–Crippen MR) is 121 cm³/mol. The van der Waals surface area contributed by atoms with Crippen LogP contribution in [-0.4, -0.2) is 50.3 Å². The van der Waals surface area contributed by atoms with Gasteiger partial charge in [-0.1, -0.05) is 0 Å². The van der Waals surface area contributed by atoms with Crippen molar-refractivity contribution in [2.75, 3.05) is 43.6 Å². The summed E-state index contributed by atoms with van der Waals surface area (Å²) in [5, 5.41) is 5.29. The Bertz CT molecular complexity index is 1110. The van der Waals surface area contributed by atoms with E-state index >= 15 is 0 Å². The number of hydrogen-bond donors (Lipinski definition) is 1. The number of morpholine rings is 1. The molecule has 166 valence electrons. The first-order valence-corrected chi connectivity index (χ1v) is 11.0. The van der Waals surface area contributed by atoms with Gasteiger partial charge in [-0.05, 0) is 42.5 Å². The molecule has 2 heterocycles.